The molecule has 0 amide bonds. The zero-order chi connectivity index (χ0) is 16.4. The van der Waals surface area contributed by atoms with Gasteiger partial charge in [-0.15, -0.1) is 11.8 Å². The van der Waals surface area contributed by atoms with Crippen LogP contribution in [0, 0.1) is 0 Å². The van der Waals surface area contributed by atoms with E-state index in [2.05, 4.69) is 0 Å². The molecule has 1 atom stereocenters. The summed E-state index contributed by atoms with van der Waals surface area (Å²) in [4.78, 5) is 12.3. The second-order valence-electron chi connectivity index (χ2n) is 5.54. The summed E-state index contributed by atoms with van der Waals surface area (Å²) in [6.45, 7) is 6.86. The lowest BCUT2D eigenvalue weighted by Crippen LogP contribution is -2.28. The molecule has 0 saturated heterocycles. The molecule has 0 aliphatic carbocycles. The highest BCUT2D eigenvalue weighted by Gasteiger charge is 2.31. The van der Waals surface area contributed by atoms with E-state index < -0.39 is 28.6 Å². The van der Waals surface area contributed by atoms with Crippen LogP contribution in [0.25, 0.3) is 0 Å². The molecule has 0 bridgehead atoms. The van der Waals surface area contributed by atoms with E-state index in [9.17, 15) is 18.0 Å². The number of rotatable bonds is 3. The molecule has 0 aromatic heterocycles. The minimum Gasteiger partial charge on any atom is -0.459 e. The molecule has 7 heteroatoms. The number of thioether (sulfide) groups is 1. The van der Waals surface area contributed by atoms with Crippen LogP contribution in [0.4, 0.5) is 18.9 Å². The molecule has 0 saturated carbocycles. The molecule has 1 aromatic carbocycles. The normalized spacial score (nSPS) is 13.9. The second kappa shape index (κ2) is 6.17. The largest absolute Gasteiger partial charge is 0.459 e. The van der Waals surface area contributed by atoms with E-state index in [-0.39, 0.29) is 5.69 Å². The monoisotopic (exact) mass is 321 g/mol. The summed E-state index contributed by atoms with van der Waals surface area (Å²) >= 11 is 1.07. The van der Waals surface area contributed by atoms with Gasteiger partial charge in [-0.2, -0.15) is 13.2 Å². The Morgan fingerprint density at radius 1 is 1.29 bits per heavy atom. The van der Waals surface area contributed by atoms with E-state index in [0.717, 1.165) is 23.9 Å². The predicted octanol–water partition coefficient (Wildman–Crippen LogP) is 4.11. The molecule has 118 valence electrons. The SMILES string of the molecule is CC(Sc1ccc(C(F)(F)F)cc1N)C(=O)OC(C)(C)C. The number of ether oxygens (including phenoxy) is 1. The molecule has 0 spiro atoms. The van der Waals surface area contributed by atoms with Gasteiger partial charge in [0.05, 0.1) is 5.56 Å². The van der Waals surface area contributed by atoms with Crippen LogP contribution in [0.2, 0.25) is 0 Å². The van der Waals surface area contributed by atoms with E-state index in [1.54, 1.807) is 27.7 Å². The third kappa shape index (κ3) is 5.49. The number of carbonyl (C=O) groups is 1. The van der Waals surface area contributed by atoms with Crippen LogP contribution >= 0.6 is 11.8 Å². The smallest absolute Gasteiger partial charge is 0.416 e. The fourth-order valence-corrected chi connectivity index (χ4v) is 2.32. The lowest BCUT2D eigenvalue weighted by molar-refractivity contribution is -0.153. The molecule has 0 aliphatic rings. The molecule has 1 unspecified atom stereocenters. The van der Waals surface area contributed by atoms with Gasteiger partial charge < -0.3 is 10.5 Å². The molecule has 1 rings (SSSR count). The molecule has 1 aromatic rings. The van der Waals surface area contributed by atoms with Crippen LogP contribution in [-0.2, 0) is 15.7 Å². The van der Waals surface area contributed by atoms with Crippen molar-refractivity contribution in [2.75, 3.05) is 5.73 Å². The fraction of sp³-hybridized carbons (Fsp3) is 0.500. The highest BCUT2D eigenvalue weighted by Crippen LogP contribution is 2.35. The van der Waals surface area contributed by atoms with Crippen molar-refractivity contribution in [3.63, 3.8) is 0 Å². The number of nitrogen functional groups attached to an aromatic ring is 1. The number of nitrogens with two attached hydrogens (primary N) is 1. The van der Waals surface area contributed by atoms with E-state index >= 15 is 0 Å². The quantitative estimate of drug-likeness (QED) is 0.517. The number of esters is 1. The van der Waals surface area contributed by atoms with E-state index in [4.69, 9.17) is 10.5 Å². The maximum Gasteiger partial charge on any atom is 0.416 e. The van der Waals surface area contributed by atoms with Crippen molar-refractivity contribution in [2.24, 2.45) is 0 Å². The van der Waals surface area contributed by atoms with Crippen LogP contribution in [-0.4, -0.2) is 16.8 Å². The Labute approximate surface area is 126 Å². The molecule has 0 aliphatic heterocycles. The first kappa shape index (κ1) is 17.7. The predicted molar refractivity (Wildman–Crippen MR) is 77.0 cm³/mol. The zero-order valence-electron chi connectivity index (χ0n) is 12.2. The molecule has 0 heterocycles. The standard InChI is InChI=1S/C14H18F3NO2S/c1-8(12(19)20-13(2,3)4)21-11-6-5-9(7-10(11)18)14(15,16)17/h5-8H,18H2,1-4H3. The lowest BCUT2D eigenvalue weighted by atomic mass is 10.2. The Morgan fingerprint density at radius 3 is 2.29 bits per heavy atom. The summed E-state index contributed by atoms with van der Waals surface area (Å²) in [5, 5.41) is -0.566. The van der Waals surface area contributed by atoms with Gasteiger partial charge >= 0.3 is 12.1 Å². The number of alkyl halides is 3. The van der Waals surface area contributed by atoms with Gasteiger partial charge in [-0.3, -0.25) is 4.79 Å². The zero-order valence-corrected chi connectivity index (χ0v) is 13.1. The van der Waals surface area contributed by atoms with E-state index in [0.29, 0.717) is 4.90 Å². The maximum atomic E-state index is 12.5. The molecule has 3 nitrogen and oxygen atoms in total. The Kier molecular flexibility index (Phi) is 5.20. The summed E-state index contributed by atoms with van der Waals surface area (Å²) in [6, 6.07) is 3.08. The van der Waals surface area contributed by atoms with Crippen molar-refractivity contribution < 1.29 is 22.7 Å². The second-order valence-corrected chi connectivity index (χ2v) is 6.93. The van der Waals surface area contributed by atoms with Gasteiger partial charge in [0.15, 0.2) is 0 Å². The topological polar surface area (TPSA) is 52.3 Å². The summed E-state index contributed by atoms with van der Waals surface area (Å²) in [5.41, 5.74) is 4.19. The number of benzene rings is 1. The van der Waals surface area contributed by atoms with Crippen LogP contribution in [0.5, 0.6) is 0 Å². The van der Waals surface area contributed by atoms with Gasteiger partial charge in [0.25, 0.3) is 0 Å². The minimum absolute atomic E-state index is 0.00904. The van der Waals surface area contributed by atoms with Crippen molar-refractivity contribution in [2.45, 2.75) is 49.6 Å². The number of halogens is 3. The lowest BCUT2D eigenvalue weighted by Gasteiger charge is -2.22. The Balaban J connectivity index is 2.82. The Hall–Kier alpha value is -1.37. The third-order valence-electron chi connectivity index (χ3n) is 2.38. The van der Waals surface area contributed by atoms with Crippen molar-refractivity contribution >= 4 is 23.4 Å². The molecular formula is C14H18F3NO2S. The molecular weight excluding hydrogens is 303 g/mol. The van der Waals surface area contributed by atoms with E-state index in [1.807, 2.05) is 0 Å². The minimum atomic E-state index is -4.44. The highest BCUT2D eigenvalue weighted by molar-refractivity contribution is 8.00. The van der Waals surface area contributed by atoms with Crippen molar-refractivity contribution in [3.05, 3.63) is 23.8 Å². The van der Waals surface area contributed by atoms with Crippen LogP contribution in [0.3, 0.4) is 0 Å². The first-order chi connectivity index (χ1) is 9.40. The van der Waals surface area contributed by atoms with Crippen LogP contribution in [0.1, 0.15) is 33.3 Å². The van der Waals surface area contributed by atoms with Gasteiger partial charge in [0.2, 0.25) is 0 Å². The Morgan fingerprint density at radius 2 is 1.86 bits per heavy atom. The van der Waals surface area contributed by atoms with Crippen LogP contribution in [0.15, 0.2) is 23.1 Å². The Bertz CT molecular complexity index is 524. The molecule has 21 heavy (non-hydrogen) atoms. The maximum absolute atomic E-state index is 12.5. The first-order valence-electron chi connectivity index (χ1n) is 6.26. The summed E-state index contributed by atoms with van der Waals surface area (Å²) in [7, 11) is 0. The number of hydrogen-bond acceptors (Lipinski definition) is 4. The number of carbonyl (C=O) groups excluding carboxylic acids is 1. The fourth-order valence-electron chi connectivity index (χ4n) is 1.46. The average molecular weight is 321 g/mol. The third-order valence-corrected chi connectivity index (χ3v) is 3.55. The highest BCUT2D eigenvalue weighted by atomic mass is 32.2. The van der Waals surface area contributed by atoms with Gasteiger partial charge in [0.1, 0.15) is 10.9 Å². The average Bonchev–Trinajstić information content (AvgIpc) is 2.27. The van der Waals surface area contributed by atoms with Crippen molar-refractivity contribution in [1.82, 2.24) is 0 Å². The van der Waals surface area contributed by atoms with Gasteiger partial charge in [-0.1, -0.05) is 0 Å². The molecule has 0 radical (unpaired) electrons. The van der Waals surface area contributed by atoms with E-state index in [1.165, 1.54) is 6.07 Å². The molecule has 0 fully saturated rings. The van der Waals surface area contributed by atoms with Crippen LogP contribution < -0.4 is 5.73 Å². The van der Waals surface area contributed by atoms with Crippen molar-refractivity contribution in [1.29, 1.82) is 0 Å². The first-order valence-corrected chi connectivity index (χ1v) is 7.14. The van der Waals surface area contributed by atoms with Crippen molar-refractivity contribution in [3.8, 4) is 0 Å². The summed E-state index contributed by atoms with van der Waals surface area (Å²) in [5.74, 6) is -0.438. The van der Waals surface area contributed by atoms with Gasteiger partial charge in [-0.25, -0.2) is 0 Å². The summed E-state index contributed by atoms with van der Waals surface area (Å²) in [6.07, 6.45) is -4.44. The molecule has 2 N–H and O–H groups in total. The van der Waals surface area contributed by atoms with Gasteiger partial charge in [-0.05, 0) is 45.9 Å². The summed E-state index contributed by atoms with van der Waals surface area (Å²) < 4.78 is 42.8. The van der Waals surface area contributed by atoms with Gasteiger partial charge in [0, 0.05) is 10.6 Å². The number of hydrogen-bond donors (Lipinski definition) is 1. The number of anilines is 1.